The number of benzene rings is 1. The highest BCUT2D eigenvalue weighted by atomic mass is 35.5. The molecule has 0 saturated carbocycles. The van der Waals surface area contributed by atoms with Gasteiger partial charge in [0.05, 0.1) is 45.9 Å². The standard InChI is InChI=1S/C18H26N2O6.ClH/c1-24-13-7-15(25-2)14(16(8-13)26-3)9-19-17(21)11-20-6-4-5-12(10-20)18(22)23;/h7-8,12H,4-6,9-11H2,1-3H3,(H,19,21)(H,22,23);1H. The Morgan fingerprint density at radius 3 is 2.33 bits per heavy atom. The fraction of sp³-hybridized carbons (Fsp3) is 0.556. The Kier molecular flexibility index (Phi) is 9.17. The molecule has 0 spiro atoms. The first kappa shape index (κ1) is 22.9. The van der Waals surface area contributed by atoms with Gasteiger partial charge in [-0.3, -0.25) is 14.5 Å². The molecular formula is C18H27ClN2O6. The Hall–Kier alpha value is -2.19. The molecule has 1 unspecified atom stereocenters. The number of carboxylic acids is 1. The minimum atomic E-state index is -0.803. The fourth-order valence-corrected chi connectivity index (χ4v) is 3.10. The zero-order valence-corrected chi connectivity index (χ0v) is 16.6. The average Bonchev–Trinajstić information content (AvgIpc) is 2.65. The number of aliphatic carboxylic acids is 1. The quantitative estimate of drug-likeness (QED) is 0.680. The number of piperidine rings is 1. The molecule has 1 heterocycles. The van der Waals surface area contributed by atoms with Crippen molar-refractivity contribution in [3.8, 4) is 17.2 Å². The number of halogens is 1. The van der Waals surface area contributed by atoms with E-state index in [1.54, 1.807) is 33.5 Å². The molecule has 0 radical (unpaired) electrons. The summed E-state index contributed by atoms with van der Waals surface area (Å²) in [6.07, 6.45) is 1.44. The van der Waals surface area contributed by atoms with Crippen LogP contribution >= 0.6 is 12.4 Å². The molecule has 1 atom stereocenters. The fourth-order valence-electron chi connectivity index (χ4n) is 3.10. The SMILES string of the molecule is COc1cc(OC)c(CNC(=O)CN2CCCC(C(=O)O)C2)c(OC)c1.Cl. The number of ether oxygens (including phenoxy) is 3. The first-order chi connectivity index (χ1) is 12.5. The highest BCUT2D eigenvalue weighted by molar-refractivity contribution is 5.85. The number of rotatable bonds is 8. The van der Waals surface area contributed by atoms with Crippen molar-refractivity contribution in [1.82, 2.24) is 10.2 Å². The first-order valence-corrected chi connectivity index (χ1v) is 8.49. The Bertz CT molecular complexity index is 630. The van der Waals surface area contributed by atoms with Gasteiger partial charge in [-0.15, -0.1) is 12.4 Å². The largest absolute Gasteiger partial charge is 0.496 e. The van der Waals surface area contributed by atoms with Gasteiger partial charge in [0.15, 0.2) is 0 Å². The number of methoxy groups -OCH3 is 3. The lowest BCUT2D eigenvalue weighted by Gasteiger charge is -2.30. The lowest BCUT2D eigenvalue weighted by atomic mass is 9.98. The van der Waals surface area contributed by atoms with Crippen molar-refractivity contribution < 1.29 is 28.9 Å². The maximum Gasteiger partial charge on any atom is 0.307 e. The van der Waals surface area contributed by atoms with E-state index in [-0.39, 0.29) is 31.4 Å². The number of carbonyl (C=O) groups excluding carboxylic acids is 1. The molecule has 0 aliphatic carbocycles. The summed E-state index contributed by atoms with van der Waals surface area (Å²) in [6, 6.07) is 3.46. The second-order valence-electron chi connectivity index (χ2n) is 6.20. The number of nitrogens with zero attached hydrogens (tertiary/aromatic N) is 1. The van der Waals surface area contributed by atoms with Crippen molar-refractivity contribution in [2.24, 2.45) is 5.92 Å². The molecule has 1 fully saturated rings. The third kappa shape index (κ3) is 6.18. The molecule has 1 amide bonds. The predicted molar refractivity (Wildman–Crippen MR) is 102 cm³/mol. The van der Waals surface area contributed by atoms with Gasteiger partial charge >= 0.3 is 5.97 Å². The van der Waals surface area contributed by atoms with Gasteiger partial charge in [0.25, 0.3) is 0 Å². The van der Waals surface area contributed by atoms with Gasteiger partial charge in [-0.1, -0.05) is 0 Å². The van der Waals surface area contributed by atoms with E-state index in [1.165, 1.54) is 0 Å². The molecule has 1 aromatic rings. The van der Waals surface area contributed by atoms with Gasteiger partial charge in [0.2, 0.25) is 5.91 Å². The molecule has 1 aliphatic rings. The van der Waals surface area contributed by atoms with Crippen LogP contribution in [-0.2, 0) is 16.1 Å². The molecule has 8 nitrogen and oxygen atoms in total. The number of likely N-dealkylation sites (tertiary alicyclic amines) is 1. The minimum absolute atomic E-state index is 0. The first-order valence-electron chi connectivity index (χ1n) is 8.49. The summed E-state index contributed by atoms with van der Waals surface area (Å²) >= 11 is 0. The lowest BCUT2D eigenvalue weighted by molar-refractivity contribution is -0.144. The normalized spacial score (nSPS) is 16.8. The van der Waals surface area contributed by atoms with Crippen LogP contribution in [0, 0.1) is 5.92 Å². The van der Waals surface area contributed by atoms with Crippen LogP contribution in [0.3, 0.4) is 0 Å². The van der Waals surface area contributed by atoms with Gasteiger partial charge in [-0.25, -0.2) is 0 Å². The zero-order valence-electron chi connectivity index (χ0n) is 15.8. The summed E-state index contributed by atoms with van der Waals surface area (Å²) in [5, 5.41) is 12.0. The van der Waals surface area contributed by atoms with E-state index in [0.29, 0.717) is 35.8 Å². The van der Waals surface area contributed by atoms with E-state index in [2.05, 4.69) is 5.32 Å². The Morgan fingerprint density at radius 2 is 1.81 bits per heavy atom. The number of nitrogens with one attached hydrogen (secondary N) is 1. The van der Waals surface area contributed by atoms with Gasteiger partial charge in [-0.2, -0.15) is 0 Å². The second kappa shape index (κ2) is 10.8. The van der Waals surface area contributed by atoms with Gasteiger partial charge < -0.3 is 24.6 Å². The second-order valence-corrected chi connectivity index (χ2v) is 6.20. The molecule has 27 heavy (non-hydrogen) atoms. The van der Waals surface area contributed by atoms with Crippen molar-refractivity contribution in [1.29, 1.82) is 0 Å². The van der Waals surface area contributed by atoms with Gasteiger partial charge in [-0.05, 0) is 19.4 Å². The summed E-state index contributed by atoms with van der Waals surface area (Å²) in [5.41, 5.74) is 0.714. The molecular weight excluding hydrogens is 376 g/mol. The molecule has 1 aromatic carbocycles. The van der Waals surface area contributed by atoms with Crippen molar-refractivity contribution in [2.75, 3.05) is 41.0 Å². The zero-order chi connectivity index (χ0) is 19.1. The van der Waals surface area contributed by atoms with E-state index in [9.17, 15) is 9.59 Å². The topological polar surface area (TPSA) is 97.3 Å². The Morgan fingerprint density at radius 1 is 1.19 bits per heavy atom. The maximum atomic E-state index is 12.3. The van der Waals surface area contributed by atoms with Crippen LogP contribution in [0.2, 0.25) is 0 Å². The van der Waals surface area contributed by atoms with Crippen molar-refractivity contribution in [3.63, 3.8) is 0 Å². The number of carbonyl (C=O) groups is 2. The third-order valence-corrected chi connectivity index (χ3v) is 4.50. The molecule has 2 rings (SSSR count). The summed E-state index contributed by atoms with van der Waals surface area (Å²) in [5.74, 6) is 0.342. The molecule has 152 valence electrons. The molecule has 0 bridgehead atoms. The highest BCUT2D eigenvalue weighted by Gasteiger charge is 2.26. The van der Waals surface area contributed by atoms with Crippen LogP contribution in [0.4, 0.5) is 0 Å². The van der Waals surface area contributed by atoms with E-state index < -0.39 is 11.9 Å². The monoisotopic (exact) mass is 402 g/mol. The number of hydrogen-bond acceptors (Lipinski definition) is 6. The van der Waals surface area contributed by atoms with E-state index >= 15 is 0 Å². The van der Waals surface area contributed by atoms with Crippen molar-refractivity contribution in [2.45, 2.75) is 19.4 Å². The average molecular weight is 403 g/mol. The minimum Gasteiger partial charge on any atom is -0.496 e. The predicted octanol–water partition coefficient (Wildman–Crippen LogP) is 1.55. The van der Waals surface area contributed by atoms with E-state index in [0.717, 1.165) is 13.0 Å². The van der Waals surface area contributed by atoms with Crippen LogP contribution in [0.5, 0.6) is 17.2 Å². The molecule has 1 saturated heterocycles. The molecule has 9 heteroatoms. The summed E-state index contributed by atoms with van der Waals surface area (Å²) < 4.78 is 15.9. The van der Waals surface area contributed by atoms with E-state index in [4.69, 9.17) is 19.3 Å². The van der Waals surface area contributed by atoms with Crippen LogP contribution in [0.1, 0.15) is 18.4 Å². The van der Waals surface area contributed by atoms with Gasteiger partial charge in [0.1, 0.15) is 17.2 Å². The Balaban J connectivity index is 0.00000364. The molecule has 1 aliphatic heterocycles. The van der Waals surface area contributed by atoms with Crippen LogP contribution < -0.4 is 19.5 Å². The number of hydrogen-bond donors (Lipinski definition) is 2. The maximum absolute atomic E-state index is 12.3. The van der Waals surface area contributed by atoms with E-state index in [1.807, 2.05) is 4.90 Å². The highest BCUT2D eigenvalue weighted by Crippen LogP contribution is 2.33. The Labute approximate surface area is 165 Å². The number of amides is 1. The smallest absolute Gasteiger partial charge is 0.307 e. The summed E-state index contributed by atoms with van der Waals surface area (Å²) in [7, 11) is 4.64. The van der Waals surface area contributed by atoms with Crippen LogP contribution in [0.15, 0.2) is 12.1 Å². The van der Waals surface area contributed by atoms with Crippen LogP contribution in [0.25, 0.3) is 0 Å². The number of carboxylic acid groups (broad SMARTS) is 1. The summed E-state index contributed by atoms with van der Waals surface area (Å²) in [4.78, 5) is 25.3. The summed E-state index contributed by atoms with van der Waals surface area (Å²) in [6.45, 7) is 1.54. The third-order valence-electron chi connectivity index (χ3n) is 4.50. The lowest BCUT2D eigenvalue weighted by Crippen LogP contribution is -2.44. The van der Waals surface area contributed by atoms with Crippen LogP contribution in [-0.4, -0.2) is 62.8 Å². The van der Waals surface area contributed by atoms with Crippen molar-refractivity contribution in [3.05, 3.63) is 17.7 Å². The molecule has 2 N–H and O–H groups in total. The van der Waals surface area contributed by atoms with Gasteiger partial charge in [0, 0.05) is 18.7 Å². The molecule has 0 aromatic heterocycles. The van der Waals surface area contributed by atoms with Crippen molar-refractivity contribution >= 4 is 24.3 Å².